The van der Waals surface area contributed by atoms with Crippen molar-refractivity contribution >= 4 is 15.9 Å². The summed E-state index contributed by atoms with van der Waals surface area (Å²) in [5.74, 6) is 1.78. The number of aliphatic hydroxyl groups excluding tert-OH is 1. The molecule has 3 unspecified atom stereocenters. The Morgan fingerprint density at radius 2 is 1.94 bits per heavy atom. The van der Waals surface area contributed by atoms with Crippen LogP contribution < -0.4 is 0 Å². The lowest BCUT2D eigenvalue weighted by Crippen LogP contribution is -2.56. The van der Waals surface area contributed by atoms with Crippen molar-refractivity contribution in [3.63, 3.8) is 0 Å². The maximum Gasteiger partial charge on any atom is 0.0870 e. The molecule has 0 heterocycles. The zero-order chi connectivity index (χ0) is 12.1. The predicted octanol–water partition coefficient (Wildman–Crippen LogP) is 3.12. The normalized spacial score (nSPS) is 49.6. The van der Waals surface area contributed by atoms with Crippen LogP contribution in [0.4, 0.5) is 0 Å². The Kier molecular flexibility index (Phi) is 3.08. The Balaban J connectivity index is 1.70. The first-order valence-corrected chi connectivity index (χ1v) is 8.03. The number of hydrogen-bond acceptors (Lipinski definition) is 2. The van der Waals surface area contributed by atoms with Gasteiger partial charge in [-0.1, -0.05) is 22.9 Å². The number of aliphatic hydroxyl groups is 1. The highest BCUT2D eigenvalue weighted by molar-refractivity contribution is 9.09. The van der Waals surface area contributed by atoms with Crippen LogP contribution in [0.3, 0.4) is 0 Å². The van der Waals surface area contributed by atoms with Crippen molar-refractivity contribution in [2.45, 2.75) is 57.2 Å². The molecule has 4 saturated carbocycles. The van der Waals surface area contributed by atoms with Gasteiger partial charge >= 0.3 is 0 Å². The smallest absolute Gasteiger partial charge is 0.0870 e. The van der Waals surface area contributed by atoms with Gasteiger partial charge in [0, 0.05) is 5.33 Å². The summed E-state index contributed by atoms with van der Waals surface area (Å²) in [4.78, 5) is 0. The second-order valence-electron chi connectivity index (χ2n) is 7.07. The molecule has 17 heavy (non-hydrogen) atoms. The first-order valence-electron chi connectivity index (χ1n) is 6.91. The van der Waals surface area contributed by atoms with Crippen LogP contribution in [0.1, 0.15) is 45.4 Å². The highest BCUT2D eigenvalue weighted by atomic mass is 79.9. The maximum atomic E-state index is 9.65. The molecule has 4 rings (SSSR count). The fourth-order valence-corrected chi connectivity index (χ4v) is 5.30. The monoisotopic (exact) mass is 302 g/mol. The summed E-state index contributed by atoms with van der Waals surface area (Å²) in [7, 11) is 0. The number of alkyl halides is 1. The lowest BCUT2D eigenvalue weighted by Gasteiger charge is -2.61. The molecule has 0 aromatic rings. The second-order valence-corrected chi connectivity index (χ2v) is 7.72. The lowest BCUT2D eigenvalue weighted by molar-refractivity contribution is -0.196. The zero-order valence-corrected chi connectivity index (χ0v) is 12.2. The van der Waals surface area contributed by atoms with E-state index in [9.17, 15) is 5.11 Å². The molecular weight excluding hydrogens is 280 g/mol. The van der Waals surface area contributed by atoms with Gasteiger partial charge in [-0.25, -0.2) is 0 Å². The van der Waals surface area contributed by atoms with E-state index in [1.165, 1.54) is 38.5 Å². The molecular formula is C14H23BrO2. The second kappa shape index (κ2) is 4.21. The van der Waals surface area contributed by atoms with Crippen molar-refractivity contribution in [1.29, 1.82) is 0 Å². The van der Waals surface area contributed by atoms with E-state index in [1.54, 1.807) is 0 Å². The van der Waals surface area contributed by atoms with Gasteiger partial charge in [-0.05, 0) is 55.8 Å². The molecule has 0 aliphatic heterocycles. The van der Waals surface area contributed by atoms with Gasteiger partial charge in [-0.2, -0.15) is 0 Å². The molecule has 4 aliphatic rings. The number of halogens is 1. The topological polar surface area (TPSA) is 29.5 Å². The molecule has 4 fully saturated rings. The van der Waals surface area contributed by atoms with E-state index in [-0.39, 0.29) is 11.7 Å². The fourth-order valence-electron chi connectivity index (χ4n) is 5.11. The first kappa shape index (κ1) is 12.4. The van der Waals surface area contributed by atoms with Gasteiger partial charge in [0.2, 0.25) is 0 Å². The zero-order valence-electron chi connectivity index (χ0n) is 10.6. The molecule has 98 valence electrons. The minimum absolute atomic E-state index is 0.113. The summed E-state index contributed by atoms with van der Waals surface area (Å²) in [5, 5.41) is 10.3. The molecule has 1 N–H and O–H groups in total. The van der Waals surface area contributed by atoms with Crippen LogP contribution in [0.5, 0.6) is 0 Å². The van der Waals surface area contributed by atoms with Crippen LogP contribution in [0.25, 0.3) is 0 Å². The molecule has 0 saturated heterocycles. The van der Waals surface area contributed by atoms with E-state index >= 15 is 0 Å². The first-order chi connectivity index (χ1) is 8.03. The van der Waals surface area contributed by atoms with E-state index in [2.05, 4.69) is 22.9 Å². The van der Waals surface area contributed by atoms with Crippen molar-refractivity contribution < 1.29 is 9.84 Å². The maximum absolute atomic E-state index is 9.65. The third-order valence-corrected chi connectivity index (χ3v) is 5.81. The van der Waals surface area contributed by atoms with E-state index < -0.39 is 0 Å². The minimum atomic E-state index is -0.351. The Hall–Kier alpha value is 0.400. The van der Waals surface area contributed by atoms with Crippen LogP contribution in [-0.4, -0.2) is 28.7 Å². The third kappa shape index (κ3) is 2.31. The summed E-state index contributed by atoms with van der Waals surface area (Å²) in [6, 6.07) is 0. The van der Waals surface area contributed by atoms with Gasteiger partial charge in [0.15, 0.2) is 0 Å². The summed E-state index contributed by atoms with van der Waals surface area (Å²) in [5.41, 5.74) is 0.644. The number of ether oxygens (including phenoxy) is 1. The fraction of sp³-hybridized carbons (Fsp3) is 1.00. The molecule has 0 aromatic carbocycles. The predicted molar refractivity (Wildman–Crippen MR) is 71.3 cm³/mol. The van der Waals surface area contributed by atoms with Gasteiger partial charge in [0.05, 0.1) is 18.3 Å². The minimum Gasteiger partial charge on any atom is -0.390 e. The Morgan fingerprint density at radius 3 is 2.47 bits per heavy atom. The standard InChI is InChI=1S/C14H23BrO2/c1-13-3-10-2-11(4-13)6-14(5-10,9-13)17-8-12(16)7-15/h10-12,16H,2-9H2,1H3. The Morgan fingerprint density at radius 1 is 1.29 bits per heavy atom. The van der Waals surface area contributed by atoms with Crippen LogP contribution in [0, 0.1) is 17.3 Å². The largest absolute Gasteiger partial charge is 0.390 e. The van der Waals surface area contributed by atoms with Gasteiger partial charge < -0.3 is 9.84 Å². The highest BCUT2D eigenvalue weighted by Gasteiger charge is 2.56. The number of rotatable bonds is 4. The van der Waals surface area contributed by atoms with Crippen LogP contribution in [0.2, 0.25) is 0 Å². The Bertz CT molecular complexity index is 291. The molecule has 0 radical (unpaired) electrons. The molecule has 3 heteroatoms. The average molecular weight is 303 g/mol. The molecule has 3 atom stereocenters. The molecule has 2 nitrogen and oxygen atoms in total. The third-order valence-electron chi connectivity index (χ3n) is 5.06. The van der Waals surface area contributed by atoms with Gasteiger partial charge in [0.25, 0.3) is 0 Å². The van der Waals surface area contributed by atoms with Gasteiger partial charge in [0.1, 0.15) is 0 Å². The van der Waals surface area contributed by atoms with Gasteiger partial charge in [-0.3, -0.25) is 0 Å². The van der Waals surface area contributed by atoms with Crippen LogP contribution in [-0.2, 0) is 4.74 Å². The lowest BCUT2D eigenvalue weighted by atomic mass is 9.48. The van der Waals surface area contributed by atoms with E-state index in [1.807, 2.05) is 0 Å². The van der Waals surface area contributed by atoms with Crippen LogP contribution in [0.15, 0.2) is 0 Å². The molecule has 0 amide bonds. The summed E-state index contributed by atoms with van der Waals surface area (Å²) in [6.07, 6.45) is 7.62. The Labute approximate surface area is 112 Å². The summed E-state index contributed by atoms with van der Waals surface area (Å²) in [6.45, 7) is 2.95. The van der Waals surface area contributed by atoms with E-state index in [0.717, 1.165) is 11.8 Å². The number of hydrogen-bond donors (Lipinski definition) is 1. The van der Waals surface area contributed by atoms with Crippen molar-refractivity contribution in [3.8, 4) is 0 Å². The molecule has 4 aliphatic carbocycles. The summed E-state index contributed by atoms with van der Waals surface area (Å²) >= 11 is 3.31. The quantitative estimate of drug-likeness (QED) is 0.809. The molecule has 0 spiro atoms. The van der Waals surface area contributed by atoms with Crippen molar-refractivity contribution in [2.24, 2.45) is 17.3 Å². The van der Waals surface area contributed by atoms with E-state index in [0.29, 0.717) is 17.4 Å². The van der Waals surface area contributed by atoms with Gasteiger partial charge in [-0.15, -0.1) is 0 Å². The SMILES string of the molecule is CC12CC3CC(C1)CC(OCC(O)CBr)(C3)C2. The van der Waals surface area contributed by atoms with E-state index in [4.69, 9.17) is 4.74 Å². The van der Waals surface area contributed by atoms with Crippen molar-refractivity contribution in [3.05, 3.63) is 0 Å². The van der Waals surface area contributed by atoms with Crippen molar-refractivity contribution in [2.75, 3.05) is 11.9 Å². The molecule has 4 bridgehead atoms. The highest BCUT2D eigenvalue weighted by Crippen LogP contribution is 2.62. The average Bonchev–Trinajstić information content (AvgIpc) is 2.22. The van der Waals surface area contributed by atoms with Crippen molar-refractivity contribution in [1.82, 2.24) is 0 Å². The molecule has 0 aromatic heterocycles. The van der Waals surface area contributed by atoms with Crippen LogP contribution >= 0.6 is 15.9 Å². The summed E-state index contributed by atoms with van der Waals surface area (Å²) < 4.78 is 6.18.